The SMILES string of the molecule is CCOC(=O)[C@@]12CC=CC[C@@H](CCCC1)C2=O. The quantitative estimate of drug-likeness (QED) is 0.420. The lowest BCUT2D eigenvalue weighted by Gasteiger charge is -2.28. The van der Waals surface area contributed by atoms with Gasteiger partial charge in [0.05, 0.1) is 6.61 Å². The molecule has 2 bridgehead atoms. The normalized spacial score (nSPS) is 32.8. The molecule has 94 valence electrons. The molecule has 0 radical (unpaired) electrons. The van der Waals surface area contributed by atoms with Gasteiger partial charge in [-0.15, -0.1) is 0 Å². The molecule has 2 aliphatic carbocycles. The van der Waals surface area contributed by atoms with Crippen molar-refractivity contribution < 1.29 is 14.3 Å². The number of fused-ring (bicyclic) bond motifs is 2. The summed E-state index contributed by atoms with van der Waals surface area (Å²) in [5, 5.41) is 0. The highest BCUT2D eigenvalue weighted by atomic mass is 16.5. The Balaban J connectivity index is 2.34. The summed E-state index contributed by atoms with van der Waals surface area (Å²) in [5.41, 5.74) is -0.871. The van der Waals surface area contributed by atoms with E-state index >= 15 is 0 Å². The van der Waals surface area contributed by atoms with Crippen molar-refractivity contribution in [2.24, 2.45) is 11.3 Å². The number of ether oxygens (including phenoxy) is 1. The standard InChI is InChI=1S/C14H20O3/c1-2-17-13(16)14-9-5-3-7-11(12(14)15)8-4-6-10-14/h3,5,11H,2,4,6-10H2,1H3/t11-,14-/m0/s1. The first-order chi connectivity index (χ1) is 8.20. The number of hydrogen-bond donors (Lipinski definition) is 0. The van der Waals surface area contributed by atoms with Gasteiger partial charge in [-0.3, -0.25) is 9.59 Å². The number of carbonyl (C=O) groups excluding carboxylic acids is 2. The maximum absolute atomic E-state index is 12.5. The minimum atomic E-state index is -0.871. The van der Waals surface area contributed by atoms with Gasteiger partial charge in [0.25, 0.3) is 0 Å². The molecule has 17 heavy (non-hydrogen) atoms. The Morgan fingerprint density at radius 3 is 3.06 bits per heavy atom. The van der Waals surface area contributed by atoms with Crippen molar-refractivity contribution in [1.29, 1.82) is 0 Å². The molecule has 2 aliphatic rings. The molecule has 0 aliphatic heterocycles. The molecule has 0 spiro atoms. The van der Waals surface area contributed by atoms with Gasteiger partial charge in [-0.05, 0) is 32.6 Å². The zero-order valence-electron chi connectivity index (χ0n) is 10.4. The van der Waals surface area contributed by atoms with Gasteiger partial charge in [-0.25, -0.2) is 0 Å². The summed E-state index contributed by atoms with van der Waals surface area (Å²) in [7, 11) is 0. The van der Waals surface area contributed by atoms with E-state index < -0.39 is 5.41 Å². The van der Waals surface area contributed by atoms with Crippen LogP contribution in [-0.2, 0) is 14.3 Å². The van der Waals surface area contributed by atoms with Crippen LogP contribution in [0, 0.1) is 11.3 Å². The summed E-state index contributed by atoms with van der Waals surface area (Å²) in [5.74, 6) is -0.150. The van der Waals surface area contributed by atoms with E-state index in [4.69, 9.17) is 4.74 Å². The Morgan fingerprint density at radius 1 is 1.47 bits per heavy atom. The van der Waals surface area contributed by atoms with E-state index in [0.717, 1.165) is 25.7 Å². The van der Waals surface area contributed by atoms with Crippen LogP contribution in [0.3, 0.4) is 0 Å². The van der Waals surface area contributed by atoms with Crippen LogP contribution in [0.5, 0.6) is 0 Å². The summed E-state index contributed by atoms with van der Waals surface area (Å²) in [6, 6.07) is 0. The topological polar surface area (TPSA) is 43.4 Å². The summed E-state index contributed by atoms with van der Waals surface area (Å²) in [6.45, 7) is 2.14. The molecule has 0 aromatic rings. The number of hydrogen-bond acceptors (Lipinski definition) is 3. The smallest absolute Gasteiger partial charge is 0.319 e. The van der Waals surface area contributed by atoms with E-state index in [1.165, 1.54) is 0 Å². The average Bonchev–Trinajstić information content (AvgIpc) is 2.58. The van der Waals surface area contributed by atoms with Crippen molar-refractivity contribution in [2.75, 3.05) is 6.61 Å². The first kappa shape index (κ1) is 12.3. The highest BCUT2D eigenvalue weighted by Gasteiger charge is 2.49. The summed E-state index contributed by atoms with van der Waals surface area (Å²) in [4.78, 5) is 24.7. The average molecular weight is 236 g/mol. The molecule has 0 heterocycles. The molecular weight excluding hydrogens is 216 g/mol. The Bertz CT molecular complexity index is 345. The van der Waals surface area contributed by atoms with Crippen LogP contribution in [0.1, 0.15) is 45.4 Å². The largest absolute Gasteiger partial charge is 0.465 e. The number of rotatable bonds is 2. The third kappa shape index (κ3) is 2.15. The third-order valence-corrected chi connectivity index (χ3v) is 3.97. The molecule has 0 unspecified atom stereocenters. The fourth-order valence-electron chi connectivity index (χ4n) is 2.99. The highest BCUT2D eigenvalue weighted by Crippen LogP contribution is 2.42. The first-order valence-corrected chi connectivity index (χ1v) is 6.57. The molecule has 0 saturated heterocycles. The van der Waals surface area contributed by atoms with Crippen molar-refractivity contribution in [2.45, 2.75) is 45.4 Å². The van der Waals surface area contributed by atoms with Gasteiger partial charge in [0, 0.05) is 5.92 Å². The third-order valence-electron chi connectivity index (χ3n) is 3.97. The van der Waals surface area contributed by atoms with Crippen molar-refractivity contribution in [3.63, 3.8) is 0 Å². The Morgan fingerprint density at radius 2 is 2.29 bits per heavy atom. The molecule has 1 saturated carbocycles. The van der Waals surface area contributed by atoms with Crippen molar-refractivity contribution >= 4 is 11.8 Å². The van der Waals surface area contributed by atoms with Crippen LogP contribution in [-0.4, -0.2) is 18.4 Å². The lowest BCUT2D eigenvalue weighted by molar-refractivity contribution is -0.161. The first-order valence-electron chi connectivity index (χ1n) is 6.57. The molecule has 0 N–H and O–H groups in total. The van der Waals surface area contributed by atoms with Gasteiger partial charge >= 0.3 is 5.97 Å². The monoisotopic (exact) mass is 236 g/mol. The maximum Gasteiger partial charge on any atom is 0.319 e. The second-order valence-corrected chi connectivity index (χ2v) is 5.02. The van der Waals surface area contributed by atoms with Crippen molar-refractivity contribution in [3.05, 3.63) is 12.2 Å². The molecule has 0 amide bonds. The van der Waals surface area contributed by atoms with E-state index in [0.29, 0.717) is 19.4 Å². The summed E-state index contributed by atoms with van der Waals surface area (Å²) in [6.07, 6.45) is 8.94. The number of esters is 1. The van der Waals surface area contributed by atoms with Gasteiger partial charge in [-0.1, -0.05) is 25.0 Å². The minimum absolute atomic E-state index is 0.0284. The summed E-state index contributed by atoms with van der Waals surface area (Å²) >= 11 is 0. The number of Topliss-reactive ketones (excluding diaryl/α,β-unsaturated/α-hetero) is 1. The van der Waals surface area contributed by atoms with Crippen molar-refractivity contribution in [3.8, 4) is 0 Å². The van der Waals surface area contributed by atoms with Gasteiger partial charge in [-0.2, -0.15) is 0 Å². The van der Waals surface area contributed by atoms with Crippen LogP contribution in [0.15, 0.2) is 12.2 Å². The van der Waals surface area contributed by atoms with Crippen LogP contribution < -0.4 is 0 Å². The predicted octanol–water partition coefficient (Wildman–Crippen LogP) is 2.65. The lowest BCUT2D eigenvalue weighted by Crippen LogP contribution is -2.42. The predicted molar refractivity (Wildman–Crippen MR) is 64.4 cm³/mol. The molecule has 3 heteroatoms. The van der Waals surface area contributed by atoms with Crippen LogP contribution in [0.2, 0.25) is 0 Å². The van der Waals surface area contributed by atoms with Crippen LogP contribution in [0.25, 0.3) is 0 Å². The van der Waals surface area contributed by atoms with Gasteiger partial charge in [0.1, 0.15) is 5.41 Å². The van der Waals surface area contributed by atoms with Crippen LogP contribution >= 0.6 is 0 Å². The molecular formula is C14H20O3. The zero-order valence-corrected chi connectivity index (χ0v) is 10.4. The second kappa shape index (κ2) is 5.03. The van der Waals surface area contributed by atoms with Crippen LogP contribution in [0.4, 0.5) is 0 Å². The minimum Gasteiger partial charge on any atom is -0.465 e. The number of allylic oxidation sites excluding steroid dienone is 2. The lowest BCUT2D eigenvalue weighted by atomic mass is 9.74. The molecule has 0 aromatic heterocycles. The van der Waals surface area contributed by atoms with Gasteiger partial charge in [0.15, 0.2) is 5.78 Å². The van der Waals surface area contributed by atoms with Gasteiger partial charge < -0.3 is 4.74 Å². The number of carbonyl (C=O) groups is 2. The van der Waals surface area contributed by atoms with E-state index in [1.54, 1.807) is 6.92 Å². The number of ketones is 1. The molecule has 3 nitrogen and oxygen atoms in total. The molecule has 1 fully saturated rings. The molecule has 2 rings (SSSR count). The molecule has 0 aromatic carbocycles. The summed E-state index contributed by atoms with van der Waals surface area (Å²) < 4.78 is 5.15. The van der Waals surface area contributed by atoms with Crippen molar-refractivity contribution in [1.82, 2.24) is 0 Å². The zero-order chi connectivity index (χ0) is 12.3. The Labute approximate surface area is 102 Å². The van der Waals surface area contributed by atoms with Gasteiger partial charge in [0.2, 0.25) is 0 Å². The Kier molecular flexibility index (Phi) is 3.65. The fraction of sp³-hybridized carbons (Fsp3) is 0.714. The maximum atomic E-state index is 12.5. The fourth-order valence-corrected chi connectivity index (χ4v) is 2.99. The van der Waals surface area contributed by atoms with E-state index in [1.807, 2.05) is 6.08 Å². The second-order valence-electron chi connectivity index (χ2n) is 5.02. The van der Waals surface area contributed by atoms with E-state index in [9.17, 15) is 9.59 Å². The Hall–Kier alpha value is -1.12. The highest BCUT2D eigenvalue weighted by molar-refractivity contribution is 6.05. The molecule has 2 atom stereocenters. The van der Waals surface area contributed by atoms with E-state index in [-0.39, 0.29) is 17.7 Å². The van der Waals surface area contributed by atoms with E-state index in [2.05, 4.69) is 6.08 Å².